The zero-order valence-corrected chi connectivity index (χ0v) is 14.3. The van der Waals surface area contributed by atoms with E-state index in [1.165, 1.54) is 34.4 Å². The number of nitrogens with one attached hydrogen (secondary N) is 1. The highest BCUT2D eigenvalue weighted by Gasteiger charge is 2.16. The van der Waals surface area contributed by atoms with Gasteiger partial charge < -0.3 is 0 Å². The van der Waals surface area contributed by atoms with Gasteiger partial charge in [-0.3, -0.25) is 10.1 Å². The number of carbonyl (C=O) groups is 1. The summed E-state index contributed by atoms with van der Waals surface area (Å²) in [6, 6.07) is 2.08. The molecule has 5 nitrogen and oxygen atoms in total. The molecule has 0 unspecified atom stereocenters. The summed E-state index contributed by atoms with van der Waals surface area (Å²) in [6.45, 7) is 5.95. The minimum absolute atomic E-state index is 0.238. The third kappa shape index (κ3) is 4.03. The summed E-state index contributed by atoms with van der Waals surface area (Å²) in [5, 5.41) is 14.3. The minimum Gasteiger partial charge on any atom is -0.296 e. The number of nitrogens with zero attached hydrogens (tertiary/aromatic N) is 3. The van der Waals surface area contributed by atoms with Gasteiger partial charge in [0.25, 0.3) is 5.91 Å². The first-order valence-corrected chi connectivity index (χ1v) is 8.93. The van der Waals surface area contributed by atoms with E-state index in [-0.39, 0.29) is 5.91 Å². The molecular weight excluding hydrogens is 324 g/mol. The summed E-state index contributed by atoms with van der Waals surface area (Å²) in [7, 11) is 0. The summed E-state index contributed by atoms with van der Waals surface area (Å²) in [5.74, 6) is 0.442. The Balaban J connectivity index is 2.07. The van der Waals surface area contributed by atoms with E-state index in [1.54, 1.807) is 0 Å². The monoisotopic (exact) mass is 338 g/mol. The van der Waals surface area contributed by atoms with Gasteiger partial charge >= 0.3 is 0 Å². The summed E-state index contributed by atoms with van der Waals surface area (Å²) in [5.41, 5.74) is 1.75. The Kier molecular flexibility index (Phi) is 5.33. The molecule has 0 atom stereocenters. The number of anilines is 1. The molecule has 2 heterocycles. The molecule has 21 heavy (non-hydrogen) atoms. The molecule has 110 valence electrons. The summed E-state index contributed by atoms with van der Waals surface area (Å²) in [4.78, 5) is 20.8. The molecule has 0 saturated carbocycles. The molecule has 1 amide bonds. The predicted octanol–water partition coefficient (Wildman–Crippen LogP) is 3.90. The molecule has 0 bridgehead atoms. The van der Waals surface area contributed by atoms with E-state index in [4.69, 9.17) is 5.26 Å². The van der Waals surface area contributed by atoms with Gasteiger partial charge in [0.05, 0.1) is 27.4 Å². The van der Waals surface area contributed by atoms with Crippen LogP contribution in [-0.4, -0.2) is 21.6 Å². The lowest BCUT2D eigenvalue weighted by molar-refractivity contribution is 0.102. The number of aryl methyl sites for hydroxylation is 1. The zero-order valence-electron chi connectivity index (χ0n) is 11.8. The maximum absolute atomic E-state index is 12.1. The highest BCUT2D eigenvalue weighted by molar-refractivity contribution is 8.01. The number of rotatable bonds is 5. The molecule has 0 aromatic carbocycles. The second kappa shape index (κ2) is 7.02. The van der Waals surface area contributed by atoms with Crippen LogP contribution in [0.3, 0.4) is 0 Å². The van der Waals surface area contributed by atoms with Gasteiger partial charge in [-0.15, -0.1) is 11.3 Å². The van der Waals surface area contributed by atoms with Crippen LogP contribution in [0.4, 0.5) is 5.13 Å². The van der Waals surface area contributed by atoms with Crippen LogP contribution in [-0.2, 0) is 0 Å². The minimum atomic E-state index is -0.238. The lowest BCUT2D eigenvalue weighted by Crippen LogP contribution is -2.11. The van der Waals surface area contributed by atoms with Gasteiger partial charge in [-0.2, -0.15) is 5.26 Å². The average molecular weight is 338 g/mol. The first-order chi connectivity index (χ1) is 10.0. The molecule has 0 aliphatic heterocycles. The van der Waals surface area contributed by atoms with Crippen molar-refractivity contribution in [3.05, 3.63) is 21.8 Å². The summed E-state index contributed by atoms with van der Waals surface area (Å²) in [6.07, 6.45) is 0. The number of hydrogen-bond donors (Lipinski definition) is 1. The predicted molar refractivity (Wildman–Crippen MR) is 87.3 cm³/mol. The van der Waals surface area contributed by atoms with E-state index in [0.29, 0.717) is 21.8 Å². The SMILES string of the molecule is Cc1nc(NC(=O)c2nc(C(C)C)cs2)sc1SCC#N. The Labute approximate surface area is 135 Å². The van der Waals surface area contributed by atoms with Gasteiger partial charge in [0.15, 0.2) is 10.1 Å². The molecule has 0 aliphatic rings. The first-order valence-electron chi connectivity index (χ1n) is 6.25. The lowest BCUT2D eigenvalue weighted by atomic mass is 10.2. The number of thiazole rings is 2. The molecule has 2 aromatic rings. The average Bonchev–Trinajstić information content (AvgIpc) is 3.03. The van der Waals surface area contributed by atoms with Crippen molar-refractivity contribution in [2.45, 2.75) is 30.9 Å². The standard InChI is InChI=1S/C13H14N4OS3/c1-7(2)9-6-20-11(16-9)10(18)17-13-15-8(3)12(21-13)19-5-4-14/h6-7H,5H2,1-3H3,(H,15,17,18). The Bertz CT molecular complexity index is 684. The second-order valence-electron chi connectivity index (χ2n) is 4.53. The number of thioether (sulfide) groups is 1. The molecule has 0 aliphatic carbocycles. The molecule has 2 aromatic heterocycles. The molecule has 0 spiro atoms. The van der Waals surface area contributed by atoms with Crippen molar-refractivity contribution in [2.24, 2.45) is 0 Å². The van der Waals surface area contributed by atoms with Gasteiger partial charge in [-0.1, -0.05) is 36.9 Å². The van der Waals surface area contributed by atoms with E-state index in [1.807, 2.05) is 26.2 Å². The Morgan fingerprint density at radius 1 is 1.52 bits per heavy atom. The van der Waals surface area contributed by atoms with Crippen LogP contribution in [0.5, 0.6) is 0 Å². The molecule has 2 rings (SSSR count). The maximum Gasteiger partial charge on any atom is 0.286 e. The highest BCUT2D eigenvalue weighted by atomic mass is 32.2. The van der Waals surface area contributed by atoms with Crippen molar-refractivity contribution in [3.63, 3.8) is 0 Å². The number of amides is 1. The van der Waals surface area contributed by atoms with E-state index < -0.39 is 0 Å². The van der Waals surface area contributed by atoms with Crippen LogP contribution in [0.1, 0.15) is 41.0 Å². The van der Waals surface area contributed by atoms with Crippen LogP contribution >= 0.6 is 34.4 Å². The van der Waals surface area contributed by atoms with Crippen LogP contribution in [0, 0.1) is 18.3 Å². The first kappa shape index (κ1) is 15.9. The van der Waals surface area contributed by atoms with Crippen molar-refractivity contribution in [3.8, 4) is 6.07 Å². The largest absolute Gasteiger partial charge is 0.296 e. The molecule has 0 fully saturated rings. The lowest BCUT2D eigenvalue weighted by Gasteiger charge is -1.98. The molecule has 0 radical (unpaired) electrons. The normalized spacial score (nSPS) is 10.6. The van der Waals surface area contributed by atoms with Gasteiger partial charge in [-0.05, 0) is 12.8 Å². The summed E-state index contributed by atoms with van der Waals surface area (Å²) >= 11 is 4.15. The van der Waals surface area contributed by atoms with E-state index >= 15 is 0 Å². The van der Waals surface area contributed by atoms with Crippen molar-refractivity contribution in [1.82, 2.24) is 9.97 Å². The van der Waals surface area contributed by atoms with Crippen LogP contribution in [0.2, 0.25) is 0 Å². The van der Waals surface area contributed by atoms with Crippen LogP contribution in [0.25, 0.3) is 0 Å². The third-order valence-electron chi connectivity index (χ3n) is 2.55. The smallest absolute Gasteiger partial charge is 0.286 e. The molecule has 0 saturated heterocycles. The maximum atomic E-state index is 12.1. The number of hydrogen-bond acceptors (Lipinski definition) is 7. The summed E-state index contributed by atoms with van der Waals surface area (Å²) < 4.78 is 0.953. The van der Waals surface area contributed by atoms with E-state index in [9.17, 15) is 4.79 Å². The van der Waals surface area contributed by atoms with Crippen LogP contribution in [0.15, 0.2) is 9.59 Å². The van der Waals surface area contributed by atoms with Gasteiger partial charge in [0.2, 0.25) is 0 Å². The van der Waals surface area contributed by atoms with E-state index in [0.717, 1.165) is 15.6 Å². The Morgan fingerprint density at radius 3 is 2.90 bits per heavy atom. The Morgan fingerprint density at radius 2 is 2.29 bits per heavy atom. The number of aromatic nitrogens is 2. The molecule has 1 N–H and O–H groups in total. The fourth-order valence-corrected chi connectivity index (χ4v) is 4.14. The van der Waals surface area contributed by atoms with Crippen molar-refractivity contribution >= 4 is 45.5 Å². The molecule has 8 heteroatoms. The third-order valence-corrected chi connectivity index (χ3v) is 5.71. The zero-order chi connectivity index (χ0) is 15.4. The van der Waals surface area contributed by atoms with Crippen molar-refractivity contribution < 1.29 is 4.79 Å². The number of carbonyl (C=O) groups excluding carboxylic acids is 1. The number of nitriles is 1. The van der Waals surface area contributed by atoms with Crippen molar-refractivity contribution in [2.75, 3.05) is 11.1 Å². The molecular formula is C13H14N4OS3. The quantitative estimate of drug-likeness (QED) is 0.837. The van der Waals surface area contributed by atoms with Gasteiger partial charge in [-0.25, -0.2) is 9.97 Å². The van der Waals surface area contributed by atoms with Gasteiger partial charge in [0.1, 0.15) is 0 Å². The Hall–Kier alpha value is -1.43. The topological polar surface area (TPSA) is 78.7 Å². The fraction of sp³-hybridized carbons (Fsp3) is 0.385. The van der Waals surface area contributed by atoms with E-state index in [2.05, 4.69) is 21.4 Å². The van der Waals surface area contributed by atoms with Crippen molar-refractivity contribution in [1.29, 1.82) is 5.26 Å². The highest BCUT2D eigenvalue weighted by Crippen LogP contribution is 2.32. The fourth-order valence-electron chi connectivity index (χ4n) is 1.47. The van der Waals surface area contributed by atoms with Crippen LogP contribution < -0.4 is 5.32 Å². The second-order valence-corrected chi connectivity index (χ2v) is 7.63. The van der Waals surface area contributed by atoms with Gasteiger partial charge in [0, 0.05) is 5.38 Å².